The van der Waals surface area contributed by atoms with Gasteiger partial charge in [0.15, 0.2) is 0 Å². The van der Waals surface area contributed by atoms with Crippen molar-refractivity contribution in [3.8, 4) is 0 Å². The van der Waals surface area contributed by atoms with Crippen molar-refractivity contribution in [2.75, 3.05) is 13.1 Å². The van der Waals surface area contributed by atoms with Gasteiger partial charge >= 0.3 is 0 Å². The van der Waals surface area contributed by atoms with E-state index in [4.69, 9.17) is 0 Å². The Balaban J connectivity index is 2.29. The Morgan fingerprint density at radius 2 is 2.31 bits per heavy atom. The summed E-state index contributed by atoms with van der Waals surface area (Å²) in [6.45, 7) is 5.52. The fourth-order valence-electron chi connectivity index (χ4n) is 1.83. The van der Waals surface area contributed by atoms with E-state index in [1.165, 1.54) is 0 Å². The van der Waals surface area contributed by atoms with Crippen LogP contribution < -0.4 is 0 Å². The van der Waals surface area contributed by atoms with Gasteiger partial charge in [-0.25, -0.2) is 0 Å². The fraction of sp³-hybridized carbons (Fsp3) is 0.900. The average Bonchev–Trinajstić information content (AvgIpc) is 2.02. The topological polar surface area (TPSA) is 40.5 Å². The van der Waals surface area contributed by atoms with E-state index in [1.54, 1.807) is 6.92 Å². The first kappa shape index (κ1) is 10.7. The number of hydrogen-bond acceptors (Lipinski definition) is 3. The number of likely N-dealkylation sites (tertiary alicyclic amines) is 1. The summed E-state index contributed by atoms with van der Waals surface area (Å²) in [5.41, 5.74) is 0. The lowest BCUT2D eigenvalue weighted by Gasteiger charge is -2.35. The monoisotopic (exact) mass is 185 g/mol. The van der Waals surface area contributed by atoms with Gasteiger partial charge < -0.3 is 10.0 Å². The first-order chi connectivity index (χ1) is 6.09. The van der Waals surface area contributed by atoms with Crippen LogP contribution in [0.5, 0.6) is 0 Å². The highest BCUT2D eigenvalue weighted by Crippen LogP contribution is 2.16. The zero-order chi connectivity index (χ0) is 9.84. The molecule has 1 aliphatic heterocycles. The van der Waals surface area contributed by atoms with E-state index in [1.807, 2.05) is 0 Å². The molecule has 0 bridgehead atoms. The molecule has 1 saturated heterocycles. The van der Waals surface area contributed by atoms with Crippen molar-refractivity contribution >= 4 is 5.78 Å². The molecule has 0 aliphatic carbocycles. The van der Waals surface area contributed by atoms with Crippen LogP contribution >= 0.6 is 0 Å². The van der Waals surface area contributed by atoms with E-state index in [-0.39, 0.29) is 11.9 Å². The van der Waals surface area contributed by atoms with Crippen LogP contribution in [-0.4, -0.2) is 41.0 Å². The Kier molecular flexibility index (Phi) is 3.88. The SMILES string of the molecule is CC(=O)CCN1CC[C@H](O)C[C@@H]1C. The molecular weight excluding hydrogens is 166 g/mol. The number of carbonyl (C=O) groups is 1. The van der Waals surface area contributed by atoms with E-state index >= 15 is 0 Å². The van der Waals surface area contributed by atoms with Gasteiger partial charge in [0, 0.05) is 25.6 Å². The minimum absolute atomic E-state index is 0.136. The molecule has 0 amide bonds. The molecule has 0 unspecified atom stereocenters. The Hall–Kier alpha value is -0.410. The van der Waals surface area contributed by atoms with Crippen molar-refractivity contribution in [3.05, 3.63) is 0 Å². The lowest BCUT2D eigenvalue weighted by molar-refractivity contribution is -0.117. The summed E-state index contributed by atoms with van der Waals surface area (Å²) < 4.78 is 0. The summed E-state index contributed by atoms with van der Waals surface area (Å²) in [6.07, 6.45) is 2.20. The lowest BCUT2D eigenvalue weighted by atomic mass is 10.0. The van der Waals surface area contributed by atoms with Gasteiger partial charge in [-0.15, -0.1) is 0 Å². The van der Waals surface area contributed by atoms with Crippen molar-refractivity contribution in [2.45, 2.75) is 45.3 Å². The number of Topliss-reactive ketones (excluding diaryl/α,β-unsaturated/α-hetero) is 1. The molecule has 0 spiro atoms. The number of piperidine rings is 1. The number of aliphatic hydroxyl groups excluding tert-OH is 1. The van der Waals surface area contributed by atoms with Crippen LogP contribution in [0.3, 0.4) is 0 Å². The molecule has 76 valence electrons. The Bertz CT molecular complexity index is 182. The zero-order valence-electron chi connectivity index (χ0n) is 8.49. The van der Waals surface area contributed by atoms with Crippen LogP contribution in [0.1, 0.15) is 33.1 Å². The average molecular weight is 185 g/mol. The zero-order valence-corrected chi connectivity index (χ0v) is 8.49. The first-order valence-corrected chi connectivity index (χ1v) is 5.01. The molecule has 0 aromatic carbocycles. The lowest BCUT2D eigenvalue weighted by Crippen LogP contribution is -2.43. The number of carbonyl (C=O) groups excluding carboxylic acids is 1. The van der Waals surface area contributed by atoms with Crippen LogP contribution in [-0.2, 0) is 4.79 Å². The Morgan fingerprint density at radius 3 is 2.85 bits per heavy atom. The predicted octanol–water partition coefficient (Wildman–Crippen LogP) is 0.811. The highest BCUT2D eigenvalue weighted by molar-refractivity contribution is 5.75. The molecule has 0 saturated carbocycles. The second-order valence-corrected chi connectivity index (χ2v) is 4.02. The van der Waals surface area contributed by atoms with Crippen LogP contribution in [0, 0.1) is 0 Å². The van der Waals surface area contributed by atoms with Gasteiger partial charge in [-0.2, -0.15) is 0 Å². The summed E-state index contributed by atoms with van der Waals surface area (Å²) in [4.78, 5) is 13.1. The van der Waals surface area contributed by atoms with Crippen LogP contribution in [0.15, 0.2) is 0 Å². The highest BCUT2D eigenvalue weighted by atomic mass is 16.3. The van der Waals surface area contributed by atoms with Crippen LogP contribution in [0.4, 0.5) is 0 Å². The second-order valence-electron chi connectivity index (χ2n) is 4.02. The third-order valence-electron chi connectivity index (χ3n) is 2.74. The number of aliphatic hydroxyl groups is 1. The van der Waals surface area contributed by atoms with Gasteiger partial charge in [-0.1, -0.05) is 0 Å². The molecule has 1 N–H and O–H groups in total. The van der Waals surface area contributed by atoms with Gasteiger partial charge in [-0.3, -0.25) is 4.79 Å². The van der Waals surface area contributed by atoms with Gasteiger partial charge in [-0.05, 0) is 26.7 Å². The fourth-order valence-corrected chi connectivity index (χ4v) is 1.83. The van der Waals surface area contributed by atoms with Crippen LogP contribution in [0.25, 0.3) is 0 Å². The van der Waals surface area contributed by atoms with Crippen LogP contribution in [0.2, 0.25) is 0 Å². The molecule has 0 aromatic heterocycles. The third-order valence-corrected chi connectivity index (χ3v) is 2.74. The van der Waals surface area contributed by atoms with Crippen molar-refractivity contribution < 1.29 is 9.90 Å². The maximum Gasteiger partial charge on any atom is 0.131 e. The normalized spacial score (nSPS) is 30.4. The second kappa shape index (κ2) is 4.72. The summed E-state index contributed by atoms with van der Waals surface area (Å²) in [6, 6.07) is 0.420. The summed E-state index contributed by atoms with van der Waals surface area (Å²) in [7, 11) is 0. The molecule has 2 atom stereocenters. The number of rotatable bonds is 3. The van der Waals surface area contributed by atoms with Gasteiger partial charge in [0.2, 0.25) is 0 Å². The van der Waals surface area contributed by atoms with E-state index in [0.717, 1.165) is 25.9 Å². The van der Waals surface area contributed by atoms with Crippen molar-refractivity contribution in [1.29, 1.82) is 0 Å². The Morgan fingerprint density at radius 1 is 1.62 bits per heavy atom. The van der Waals surface area contributed by atoms with Crippen molar-refractivity contribution in [2.24, 2.45) is 0 Å². The number of nitrogens with zero attached hydrogens (tertiary/aromatic N) is 1. The minimum Gasteiger partial charge on any atom is -0.393 e. The van der Waals surface area contributed by atoms with E-state index in [0.29, 0.717) is 12.5 Å². The molecule has 3 heteroatoms. The summed E-state index contributed by atoms with van der Waals surface area (Å²) in [5.74, 6) is 0.248. The number of hydrogen-bond donors (Lipinski definition) is 1. The van der Waals surface area contributed by atoms with Gasteiger partial charge in [0.05, 0.1) is 6.10 Å². The molecule has 1 heterocycles. The predicted molar refractivity (Wildman–Crippen MR) is 51.6 cm³/mol. The highest BCUT2D eigenvalue weighted by Gasteiger charge is 2.23. The molecule has 0 aromatic rings. The molecule has 13 heavy (non-hydrogen) atoms. The molecule has 1 rings (SSSR count). The maximum atomic E-state index is 10.8. The smallest absolute Gasteiger partial charge is 0.131 e. The first-order valence-electron chi connectivity index (χ1n) is 5.01. The minimum atomic E-state index is -0.136. The maximum absolute atomic E-state index is 10.8. The van der Waals surface area contributed by atoms with Gasteiger partial charge in [0.25, 0.3) is 0 Å². The van der Waals surface area contributed by atoms with E-state index in [2.05, 4.69) is 11.8 Å². The molecule has 0 radical (unpaired) electrons. The largest absolute Gasteiger partial charge is 0.393 e. The molecule has 1 fully saturated rings. The Labute approximate surface area is 79.7 Å². The third kappa shape index (κ3) is 3.44. The summed E-state index contributed by atoms with van der Waals surface area (Å²) in [5, 5.41) is 9.38. The van der Waals surface area contributed by atoms with Crippen molar-refractivity contribution in [1.82, 2.24) is 4.90 Å². The summed E-state index contributed by atoms with van der Waals surface area (Å²) >= 11 is 0. The standard InChI is InChI=1S/C10H19NO2/c1-8-7-10(13)4-6-11(8)5-3-9(2)12/h8,10,13H,3-7H2,1-2H3/t8-,10-/m0/s1. The van der Waals surface area contributed by atoms with Gasteiger partial charge in [0.1, 0.15) is 5.78 Å². The van der Waals surface area contributed by atoms with Crippen molar-refractivity contribution in [3.63, 3.8) is 0 Å². The molecule has 1 aliphatic rings. The quantitative estimate of drug-likeness (QED) is 0.707. The number of ketones is 1. The van der Waals surface area contributed by atoms with E-state index < -0.39 is 0 Å². The van der Waals surface area contributed by atoms with E-state index in [9.17, 15) is 9.90 Å². The molecule has 3 nitrogen and oxygen atoms in total. The molecular formula is C10H19NO2.